The molecule has 1 aliphatic heterocycles. The Balaban J connectivity index is 1.88. The predicted molar refractivity (Wildman–Crippen MR) is 108 cm³/mol. The molecule has 3 rings (SSSR count). The summed E-state index contributed by atoms with van der Waals surface area (Å²) in [4.78, 5) is 27.6. The second kappa shape index (κ2) is 7.72. The van der Waals surface area contributed by atoms with Crippen molar-refractivity contribution in [2.75, 3.05) is 14.1 Å². The van der Waals surface area contributed by atoms with E-state index in [1.807, 2.05) is 55.5 Å². The molecule has 0 aromatic heterocycles. The number of likely N-dealkylation sites (N-methyl/N-ethyl adjacent to an activating group) is 2. The first kappa shape index (κ1) is 18.8. The van der Waals surface area contributed by atoms with Crippen molar-refractivity contribution in [3.05, 3.63) is 70.8 Å². The zero-order valence-corrected chi connectivity index (χ0v) is 16.2. The first-order valence-electron chi connectivity index (χ1n) is 8.47. The van der Waals surface area contributed by atoms with Crippen molar-refractivity contribution in [1.82, 2.24) is 9.80 Å². The largest absolute Gasteiger partial charge is 0.488 e. The van der Waals surface area contributed by atoms with Gasteiger partial charge >= 0.3 is 0 Å². The SMILES string of the molecule is Cc1ccc(COc2ccccc2C=C2C(=O)N(C)C(=S)N(C)C2=O)cc1. The molecule has 27 heavy (non-hydrogen) atoms. The third-order valence-corrected chi connectivity index (χ3v) is 4.93. The molecule has 1 heterocycles. The number of carbonyl (C=O) groups excluding carboxylic acids is 2. The minimum atomic E-state index is -0.420. The molecule has 138 valence electrons. The van der Waals surface area contributed by atoms with Crippen molar-refractivity contribution in [2.45, 2.75) is 13.5 Å². The molecule has 0 saturated carbocycles. The fraction of sp³-hybridized carbons (Fsp3) is 0.190. The van der Waals surface area contributed by atoms with Crippen LogP contribution in [0.15, 0.2) is 54.1 Å². The van der Waals surface area contributed by atoms with Gasteiger partial charge in [-0.25, -0.2) is 0 Å². The second-order valence-electron chi connectivity index (χ2n) is 6.38. The molecule has 0 bridgehead atoms. The Bertz CT molecular complexity index is 909. The lowest BCUT2D eigenvalue weighted by Gasteiger charge is -2.31. The van der Waals surface area contributed by atoms with E-state index in [-0.39, 0.29) is 10.7 Å². The van der Waals surface area contributed by atoms with Crippen molar-refractivity contribution >= 4 is 35.2 Å². The van der Waals surface area contributed by atoms with Gasteiger partial charge in [-0.2, -0.15) is 0 Å². The highest BCUT2D eigenvalue weighted by Crippen LogP contribution is 2.25. The number of para-hydroxylation sites is 1. The van der Waals surface area contributed by atoms with Crippen LogP contribution in [0.2, 0.25) is 0 Å². The van der Waals surface area contributed by atoms with Crippen molar-refractivity contribution in [1.29, 1.82) is 0 Å². The van der Waals surface area contributed by atoms with Crippen LogP contribution < -0.4 is 4.74 Å². The Morgan fingerprint density at radius 3 is 2.19 bits per heavy atom. The summed E-state index contributed by atoms with van der Waals surface area (Å²) >= 11 is 5.11. The summed E-state index contributed by atoms with van der Waals surface area (Å²) in [5, 5.41) is 0.186. The first-order chi connectivity index (χ1) is 12.9. The van der Waals surface area contributed by atoms with Crippen molar-refractivity contribution < 1.29 is 14.3 Å². The molecule has 0 unspecified atom stereocenters. The molecule has 1 saturated heterocycles. The smallest absolute Gasteiger partial charge is 0.265 e. The minimum Gasteiger partial charge on any atom is -0.488 e. The lowest BCUT2D eigenvalue weighted by molar-refractivity contribution is -0.132. The van der Waals surface area contributed by atoms with Gasteiger partial charge in [-0.3, -0.25) is 19.4 Å². The number of aryl methyl sites for hydroxylation is 1. The highest BCUT2D eigenvalue weighted by Gasteiger charge is 2.35. The van der Waals surface area contributed by atoms with Gasteiger partial charge in [-0.1, -0.05) is 48.0 Å². The Hall–Kier alpha value is -2.99. The fourth-order valence-corrected chi connectivity index (χ4v) is 2.87. The second-order valence-corrected chi connectivity index (χ2v) is 6.75. The van der Waals surface area contributed by atoms with Gasteiger partial charge in [0.05, 0.1) is 0 Å². The molecule has 6 heteroatoms. The topological polar surface area (TPSA) is 49.9 Å². The molecular formula is C21H20N2O3S. The zero-order chi connectivity index (χ0) is 19.6. The number of nitrogens with zero attached hydrogens (tertiary/aromatic N) is 2. The highest BCUT2D eigenvalue weighted by atomic mass is 32.1. The van der Waals surface area contributed by atoms with E-state index in [1.54, 1.807) is 20.2 Å². The molecule has 2 amide bonds. The quantitative estimate of drug-likeness (QED) is 0.464. The highest BCUT2D eigenvalue weighted by molar-refractivity contribution is 7.80. The Morgan fingerprint density at radius 1 is 0.963 bits per heavy atom. The lowest BCUT2D eigenvalue weighted by Crippen LogP contribution is -2.52. The molecular weight excluding hydrogens is 360 g/mol. The summed E-state index contributed by atoms with van der Waals surface area (Å²) in [5.74, 6) is -0.238. The van der Waals surface area contributed by atoms with Crippen molar-refractivity contribution in [3.63, 3.8) is 0 Å². The Kier molecular flexibility index (Phi) is 5.37. The maximum absolute atomic E-state index is 12.5. The van der Waals surface area contributed by atoms with E-state index in [1.165, 1.54) is 15.4 Å². The number of rotatable bonds is 4. The van der Waals surface area contributed by atoms with Crippen LogP contribution in [0.25, 0.3) is 6.08 Å². The number of benzene rings is 2. The van der Waals surface area contributed by atoms with Crippen LogP contribution in [0.3, 0.4) is 0 Å². The van der Waals surface area contributed by atoms with Crippen LogP contribution in [0.5, 0.6) is 5.75 Å². The summed E-state index contributed by atoms with van der Waals surface area (Å²) in [6.07, 6.45) is 1.56. The summed E-state index contributed by atoms with van der Waals surface area (Å²) in [7, 11) is 3.11. The summed E-state index contributed by atoms with van der Waals surface area (Å²) in [6, 6.07) is 15.4. The standard InChI is InChI=1S/C21H20N2O3S/c1-14-8-10-15(11-9-14)13-26-18-7-5-4-6-16(18)12-17-19(24)22(2)21(27)23(3)20(17)25/h4-12H,13H2,1-3H3. The number of hydrogen-bond acceptors (Lipinski definition) is 4. The predicted octanol–water partition coefficient (Wildman–Crippen LogP) is 3.17. The maximum Gasteiger partial charge on any atom is 0.265 e. The molecule has 1 aliphatic rings. The number of amides is 2. The third-order valence-electron chi connectivity index (χ3n) is 4.38. The van der Waals surface area contributed by atoms with E-state index in [0.29, 0.717) is 17.9 Å². The Morgan fingerprint density at radius 2 is 1.56 bits per heavy atom. The van der Waals surface area contributed by atoms with E-state index < -0.39 is 11.8 Å². The van der Waals surface area contributed by atoms with Crippen molar-refractivity contribution in [2.24, 2.45) is 0 Å². The fourth-order valence-electron chi connectivity index (χ4n) is 2.71. The molecule has 0 radical (unpaired) electrons. The van der Waals surface area contributed by atoms with Gasteiger partial charge in [0.15, 0.2) is 5.11 Å². The molecule has 2 aromatic rings. The van der Waals surface area contributed by atoms with Gasteiger partial charge in [-0.05, 0) is 36.8 Å². The van der Waals surface area contributed by atoms with E-state index in [2.05, 4.69) is 0 Å². The molecule has 5 nitrogen and oxygen atoms in total. The van der Waals surface area contributed by atoms with Gasteiger partial charge in [0.25, 0.3) is 11.8 Å². The van der Waals surface area contributed by atoms with Crippen LogP contribution in [-0.2, 0) is 16.2 Å². The molecule has 0 spiro atoms. The molecule has 1 fully saturated rings. The van der Waals surface area contributed by atoms with Crippen LogP contribution in [0.1, 0.15) is 16.7 Å². The van der Waals surface area contributed by atoms with Crippen molar-refractivity contribution in [3.8, 4) is 5.75 Å². The average Bonchev–Trinajstić information content (AvgIpc) is 2.68. The van der Waals surface area contributed by atoms with Gasteiger partial charge in [0.2, 0.25) is 0 Å². The van der Waals surface area contributed by atoms with Crippen LogP contribution >= 0.6 is 12.2 Å². The first-order valence-corrected chi connectivity index (χ1v) is 8.88. The number of hydrogen-bond donors (Lipinski definition) is 0. The molecule has 0 aliphatic carbocycles. The number of thiocarbonyl (C=S) groups is 1. The van der Waals surface area contributed by atoms with Gasteiger partial charge in [0, 0.05) is 19.7 Å². The van der Waals surface area contributed by atoms with Gasteiger partial charge in [0.1, 0.15) is 17.9 Å². The zero-order valence-electron chi connectivity index (χ0n) is 15.4. The van der Waals surface area contributed by atoms with E-state index in [4.69, 9.17) is 17.0 Å². The molecule has 2 aromatic carbocycles. The van der Waals surface area contributed by atoms with E-state index >= 15 is 0 Å². The normalized spacial score (nSPS) is 14.6. The van der Waals surface area contributed by atoms with Crippen LogP contribution in [0, 0.1) is 6.92 Å². The van der Waals surface area contributed by atoms with Crippen LogP contribution in [-0.4, -0.2) is 40.8 Å². The number of ether oxygens (including phenoxy) is 1. The van der Waals surface area contributed by atoms with Gasteiger partial charge < -0.3 is 4.74 Å². The monoisotopic (exact) mass is 380 g/mol. The van der Waals surface area contributed by atoms with E-state index in [9.17, 15) is 9.59 Å². The lowest BCUT2D eigenvalue weighted by atomic mass is 10.1. The van der Waals surface area contributed by atoms with Gasteiger partial charge in [-0.15, -0.1) is 0 Å². The summed E-state index contributed by atoms with van der Waals surface area (Å²) < 4.78 is 5.93. The minimum absolute atomic E-state index is 0.0555. The Labute approximate surface area is 163 Å². The summed E-state index contributed by atoms with van der Waals surface area (Å²) in [5.41, 5.74) is 2.94. The maximum atomic E-state index is 12.5. The summed E-state index contributed by atoms with van der Waals surface area (Å²) in [6.45, 7) is 2.43. The molecule has 0 atom stereocenters. The van der Waals surface area contributed by atoms with E-state index in [0.717, 1.165) is 5.56 Å². The third kappa shape index (κ3) is 3.90. The average molecular weight is 380 g/mol. The van der Waals surface area contributed by atoms with Crippen LogP contribution in [0.4, 0.5) is 0 Å². The molecule has 0 N–H and O–H groups in total. The number of carbonyl (C=O) groups is 2.